The van der Waals surface area contributed by atoms with Gasteiger partial charge in [0, 0.05) is 27.6 Å². The van der Waals surface area contributed by atoms with E-state index in [1.807, 2.05) is 11.0 Å². The van der Waals surface area contributed by atoms with Crippen molar-refractivity contribution in [2.75, 3.05) is 6.54 Å². The monoisotopic (exact) mass is 408 g/mol. The zero-order chi connectivity index (χ0) is 14.0. The van der Waals surface area contributed by atoms with Crippen molar-refractivity contribution in [3.05, 3.63) is 32.4 Å². The summed E-state index contributed by atoms with van der Waals surface area (Å²) >= 11 is 13.0. The van der Waals surface area contributed by atoms with E-state index in [0.717, 1.165) is 16.4 Å². The van der Waals surface area contributed by atoms with Crippen molar-refractivity contribution >= 4 is 57.3 Å². The van der Waals surface area contributed by atoms with Crippen molar-refractivity contribution < 1.29 is 4.79 Å². The number of hydrogen-bond donors (Lipinski definition) is 1. The summed E-state index contributed by atoms with van der Waals surface area (Å²) < 4.78 is 0.910. The molecule has 3 nitrogen and oxygen atoms in total. The molecule has 1 aliphatic rings. The van der Waals surface area contributed by atoms with Crippen LogP contribution in [0.3, 0.4) is 0 Å². The Bertz CT molecular complexity index is 519. The summed E-state index contributed by atoms with van der Waals surface area (Å²) in [6.45, 7) is 0.585. The molecule has 0 aromatic heterocycles. The minimum absolute atomic E-state index is 0.0191. The molecule has 0 saturated heterocycles. The Labute approximate surface area is 136 Å². The molecule has 1 fully saturated rings. The lowest BCUT2D eigenvalue weighted by atomic mass is 10.2. The molecular formula is C13H14ClIN2OS. The van der Waals surface area contributed by atoms with Crippen LogP contribution in [0, 0.1) is 3.57 Å². The molecule has 0 bridgehead atoms. The van der Waals surface area contributed by atoms with E-state index in [0.29, 0.717) is 34.6 Å². The summed E-state index contributed by atoms with van der Waals surface area (Å²) in [7, 11) is 0. The van der Waals surface area contributed by atoms with E-state index >= 15 is 0 Å². The van der Waals surface area contributed by atoms with Crippen molar-refractivity contribution in [1.29, 1.82) is 0 Å². The van der Waals surface area contributed by atoms with E-state index < -0.39 is 0 Å². The highest BCUT2D eigenvalue weighted by atomic mass is 127. The van der Waals surface area contributed by atoms with Gasteiger partial charge in [-0.2, -0.15) is 0 Å². The maximum atomic E-state index is 12.6. The zero-order valence-corrected chi connectivity index (χ0v) is 14.0. The van der Waals surface area contributed by atoms with Gasteiger partial charge >= 0.3 is 0 Å². The molecule has 0 spiro atoms. The lowest BCUT2D eigenvalue weighted by Gasteiger charge is -2.23. The third-order valence-electron chi connectivity index (χ3n) is 3.01. The number of halogens is 2. The molecule has 6 heteroatoms. The van der Waals surface area contributed by atoms with E-state index in [9.17, 15) is 4.79 Å². The molecule has 0 unspecified atom stereocenters. The number of carbonyl (C=O) groups excluding carboxylic acids is 1. The van der Waals surface area contributed by atoms with E-state index in [4.69, 9.17) is 29.6 Å². The van der Waals surface area contributed by atoms with Gasteiger partial charge in [0.15, 0.2) is 0 Å². The van der Waals surface area contributed by atoms with Crippen LogP contribution in [0.25, 0.3) is 0 Å². The summed E-state index contributed by atoms with van der Waals surface area (Å²) in [6.07, 6.45) is 2.68. The maximum Gasteiger partial charge on any atom is 0.255 e. The van der Waals surface area contributed by atoms with Gasteiger partial charge in [0.25, 0.3) is 5.91 Å². The highest BCUT2D eigenvalue weighted by Gasteiger charge is 2.33. The van der Waals surface area contributed by atoms with Crippen LogP contribution < -0.4 is 5.73 Å². The number of amides is 1. The number of hydrogen-bond acceptors (Lipinski definition) is 2. The second kappa shape index (κ2) is 6.37. The van der Waals surface area contributed by atoms with E-state index in [1.165, 1.54) is 0 Å². The van der Waals surface area contributed by atoms with Crippen LogP contribution in [-0.2, 0) is 0 Å². The van der Waals surface area contributed by atoms with Crippen molar-refractivity contribution in [2.45, 2.75) is 25.3 Å². The first-order valence-corrected chi connectivity index (χ1v) is 7.90. The summed E-state index contributed by atoms with van der Waals surface area (Å²) in [6, 6.07) is 5.70. The van der Waals surface area contributed by atoms with E-state index in [1.54, 1.807) is 12.1 Å². The number of nitrogens with zero attached hydrogens (tertiary/aromatic N) is 1. The molecular weight excluding hydrogens is 395 g/mol. The molecule has 1 aromatic rings. The third-order valence-corrected chi connectivity index (χ3v) is 4.39. The van der Waals surface area contributed by atoms with Crippen molar-refractivity contribution in [3.63, 3.8) is 0 Å². The van der Waals surface area contributed by atoms with Gasteiger partial charge < -0.3 is 10.6 Å². The SMILES string of the molecule is NC(=S)CCN(C(=O)c1cc(Cl)ccc1I)C1CC1. The van der Waals surface area contributed by atoms with Gasteiger partial charge in [0.05, 0.1) is 10.6 Å². The molecule has 19 heavy (non-hydrogen) atoms. The van der Waals surface area contributed by atoms with Crippen LogP contribution in [0.2, 0.25) is 5.02 Å². The van der Waals surface area contributed by atoms with Crippen LogP contribution >= 0.6 is 46.4 Å². The summed E-state index contributed by atoms with van der Waals surface area (Å²) in [4.78, 5) is 14.9. The molecule has 0 heterocycles. The first kappa shape index (κ1) is 15.0. The molecule has 1 aliphatic carbocycles. The first-order valence-electron chi connectivity index (χ1n) is 6.03. The molecule has 2 rings (SSSR count). The van der Waals surface area contributed by atoms with E-state index in [-0.39, 0.29) is 5.91 Å². The normalized spacial score (nSPS) is 14.2. The summed E-state index contributed by atoms with van der Waals surface area (Å²) in [5.74, 6) is 0.0191. The molecule has 1 amide bonds. The second-order valence-corrected chi connectivity index (χ2v) is 6.69. The predicted molar refractivity (Wildman–Crippen MR) is 89.6 cm³/mol. The molecule has 2 N–H and O–H groups in total. The topological polar surface area (TPSA) is 46.3 Å². The predicted octanol–water partition coefficient (Wildman–Crippen LogP) is 3.23. The minimum Gasteiger partial charge on any atom is -0.393 e. The Morgan fingerprint density at radius 2 is 2.21 bits per heavy atom. The Hall–Kier alpha value is -0.400. The minimum atomic E-state index is 0.0191. The Morgan fingerprint density at radius 3 is 2.79 bits per heavy atom. The van der Waals surface area contributed by atoms with Crippen LogP contribution in [0.5, 0.6) is 0 Å². The molecule has 1 saturated carbocycles. The van der Waals surface area contributed by atoms with Crippen molar-refractivity contribution in [1.82, 2.24) is 4.90 Å². The lowest BCUT2D eigenvalue weighted by molar-refractivity contribution is 0.0747. The van der Waals surface area contributed by atoms with Crippen LogP contribution in [0.1, 0.15) is 29.6 Å². The van der Waals surface area contributed by atoms with Crippen molar-refractivity contribution in [3.8, 4) is 0 Å². The Kier molecular flexibility index (Phi) is 5.03. The van der Waals surface area contributed by atoms with E-state index in [2.05, 4.69) is 22.6 Å². The molecule has 1 aromatic carbocycles. The van der Waals surface area contributed by atoms with Crippen LogP contribution in [0.15, 0.2) is 18.2 Å². The highest BCUT2D eigenvalue weighted by Crippen LogP contribution is 2.30. The Balaban J connectivity index is 2.18. The van der Waals surface area contributed by atoms with Gasteiger partial charge in [-0.3, -0.25) is 4.79 Å². The average molecular weight is 409 g/mol. The summed E-state index contributed by atoms with van der Waals surface area (Å²) in [5, 5.41) is 0.578. The number of benzene rings is 1. The number of carbonyl (C=O) groups is 1. The van der Waals surface area contributed by atoms with Crippen LogP contribution in [0.4, 0.5) is 0 Å². The van der Waals surface area contributed by atoms with Gasteiger partial charge in [-0.05, 0) is 53.6 Å². The quantitative estimate of drug-likeness (QED) is 0.601. The second-order valence-electron chi connectivity index (χ2n) is 4.57. The van der Waals surface area contributed by atoms with Crippen molar-refractivity contribution in [2.24, 2.45) is 5.73 Å². The maximum absolute atomic E-state index is 12.6. The standard InChI is InChI=1S/C13H14ClIN2OS/c14-8-1-4-11(15)10(7-8)13(18)17(9-2-3-9)6-5-12(16)19/h1,4,7,9H,2-3,5-6H2,(H2,16,19). The first-order chi connectivity index (χ1) is 8.99. The summed E-state index contributed by atoms with van der Waals surface area (Å²) in [5.41, 5.74) is 6.18. The molecule has 0 radical (unpaired) electrons. The van der Waals surface area contributed by atoms with Gasteiger partial charge in [-0.1, -0.05) is 23.8 Å². The third kappa shape index (κ3) is 4.03. The fourth-order valence-electron chi connectivity index (χ4n) is 1.88. The molecule has 0 atom stereocenters. The van der Waals surface area contributed by atoms with Gasteiger partial charge in [-0.15, -0.1) is 0 Å². The van der Waals surface area contributed by atoms with Gasteiger partial charge in [0.1, 0.15) is 0 Å². The zero-order valence-electron chi connectivity index (χ0n) is 10.2. The number of rotatable bonds is 5. The smallest absolute Gasteiger partial charge is 0.255 e. The molecule has 102 valence electrons. The van der Waals surface area contributed by atoms with Crippen LogP contribution in [-0.4, -0.2) is 28.4 Å². The Morgan fingerprint density at radius 1 is 1.53 bits per heavy atom. The molecule has 0 aliphatic heterocycles. The van der Waals surface area contributed by atoms with Gasteiger partial charge in [-0.25, -0.2) is 0 Å². The largest absolute Gasteiger partial charge is 0.393 e. The number of nitrogens with two attached hydrogens (primary N) is 1. The fraction of sp³-hybridized carbons (Fsp3) is 0.385. The fourth-order valence-corrected chi connectivity index (χ4v) is 2.71. The highest BCUT2D eigenvalue weighted by molar-refractivity contribution is 14.1. The number of thiocarbonyl (C=S) groups is 1. The van der Waals surface area contributed by atoms with Gasteiger partial charge in [0.2, 0.25) is 0 Å². The average Bonchev–Trinajstić information content (AvgIpc) is 3.16. The lowest BCUT2D eigenvalue weighted by Crippen LogP contribution is -2.36.